The lowest BCUT2D eigenvalue weighted by atomic mass is 9.89. The van der Waals surface area contributed by atoms with E-state index >= 15 is 0 Å². The molecule has 0 aliphatic heterocycles. The summed E-state index contributed by atoms with van der Waals surface area (Å²) in [5.74, 6) is 2.65. The molecule has 1 aromatic carbocycles. The number of oxazole rings is 1. The lowest BCUT2D eigenvalue weighted by Crippen LogP contribution is -2.04. The number of hydrogen-bond acceptors (Lipinski definition) is 2. The van der Waals surface area contributed by atoms with Gasteiger partial charge in [0.2, 0.25) is 0 Å². The molecule has 0 amide bonds. The van der Waals surface area contributed by atoms with E-state index in [1.54, 1.807) is 0 Å². The Balaban J connectivity index is 1.81. The van der Waals surface area contributed by atoms with Crippen molar-refractivity contribution in [2.24, 2.45) is 0 Å². The summed E-state index contributed by atoms with van der Waals surface area (Å²) < 4.78 is 5.93. The van der Waals surface area contributed by atoms with Gasteiger partial charge in [-0.3, -0.25) is 0 Å². The maximum Gasteiger partial charge on any atom is 0.197 e. The van der Waals surface area contributed by atoms with Gasteiger partial charge >= 0.3 is 0 Å². The molecule has 20 heavy (non-hydrogen) atoms. The van der Waals surface area contributed by atoms with E-state index < -0.39 is 0 Å². The highest BCUT2D eigenvalue weighted by Crippen LogP contribution is 2.33. The summed E-state index contributed by atoms with van der Waals surface area (Å²) in [4.78, 5) is 4.75. The van der Waals surface area contributed by atoms with Crippen LogP contribution >= 0.6 is 11.6 Å². The molecule has 2 aromatic rings. The Morgan fingerprint density at radius 3 is 2.55 bits per heavy atom. The first kappa shape index (κ1) is 13.7. The van der Waals surface area contributed by atoms with Gasteiger partial charge in [0.05, 0.1) is 11.6 Å². The SMILES string of the molecule is ClCc1oc(C2CCCCC2)nc1Cc1ccccc1. The molecule has 2 nitrogen and oxygen atoms in total. The summed E-state index contributed by atoms with van der Waals surface area (Å²) in [6, 6.07) is 10.4. The molecule has 0 spiro atoms. The topological polar surface area (TPSA) is 26.0 Å². The van der Waals surface area contributed by atoms with Crippen LogP contribution in [0.25, 0.3) is 0 Å². The van der Waals surface area contributed by atoms with Crippen LogP contribution < -0.4 is 0 Å². The van der Waals surface area contributed by atoms with E-state index in [4.69, 9.17) is 21.0 Å². The molecule has 0 atom stereocenters. The average Bonchev–Trinajstić information content (AvgIpc) is 2.92. The number of hydrogen-bond donors (Lipinski definition) is 0. The van der Waals surface area contributed by atoms with Crippen LogP contribution in [-0.4, -0.2) is 4.98 Å². The summed E-state index contributed by atoms with van der Waals surface area (Å²) in [5, 5.41) is 0. The van der Waals surface area contributed by atoms with Crippen LogP contribution in [0.3, 0.4) is 0 Å². The van der Waals surface area contributed by atoms with Crippen molar-refractivity contribution in [2.45, 2.75) is 50.3 Å². The van der Waals surface area contributed by atoms with Gasteiger partial charge in [0.1, 0.15) is 5.76 Å². The third-order valence-electron chi connectivity index (χ3n) is 4.08. The van der Waals surface area contributed by atoms with Gasteiger partial charge in [-0.2, -0.15) is 0 Å². The molecule has 0 saturated heterocycles. The minimum atomic E-state index is 0.405. The van der Waals surface area contributed by atoms with Gasteiger partial charge in [-0.25, -0.2) is 4.98 Å². The van der Waals surface area contributed by atoms with Gasteiger partial charge in [0, 0.05) is 12.3 Å². The van der Waals surface area contributed by atoms with Gasteiger partial charge in [0.15, 0.2) is 5.89 Å². The van der Waals surface area contributed by atoms with Gasteiger partial charge in [-0.1, -0.05) is 49.6 Å². The number of nitrogens with zero attached hydrogens (tertiary/aromatic N) is 1. The minimum Gasteiger partial charge on any atom is -0.444 e. The number of benzene rings is 1. The lowest BCUT2D eigenvalue weighted by Gasteiger charge is -2.17. The van der Waals surface area contributed by atoms with Crippen LogP contribution in [0.5, 0.6) is 0 Å². The van der Waals surface area contributed by atoms with Crippen molar-refractivity contribution >= 4 is 11.6 Å². The highest BCUT2D eigenvalue weighted by Gasteiger charge is 2.22. The van der Waals surface area contributed by atoms with E-state index in [0.717, 1.165) is 23.8 Å². The quantitative estimate of drug-likeness (QED) is 0.736. The average molecular weight is 290 g/mol. The van der Waals surface area contributed by atoms with Crippen molar-refractivity contribution in [1.82, 2.24) is 4.98 Å². The number of rotatable bonds is 4. The molecule has 1 fully saturated rings. The van der Waals surface area contributed by atoms with Crippen LogP contribution in [0.15, 0.2) is 34.7 Å². The van der Waals surface area contributed by atoms with Gasteiger partial charge < -0.3 is 4.42 Å². The summed E-state index contributed by atoms with van der Waals surface area (Å²) >= 11 is 6.02. The monoisotopic (exact) mass is 289 g/mol. The Morgan fingerprint density at radius 1 is 1.10 bits per heavy atom. The molecular weight excluding hydrogens is 270 g/mol. The first-order valence-corrected chi connectivity index (χ1v) is 7.98. The molecule has 1 saturated carbocycles. The second kappa shape index (κ2) is 6.45. The number of alkyl halides is 1. The molecule has 0 bridgehead atoms. The predicted molar refractivity (Wildman–Crippen MR) is 81.1 cm³/mol. The molecule has 0 radical (unpaired) electrons. The van der Waals surface area contributed by atoms with Crippen LogP contribution in [-0.2, 0) is 12.3 Å². The fraction of sp³-hybridized carbons (Fsp3) is 0.471. The highest BCUT2D eigenvalue weighted by molar-refractivity contribution is 6.16. The highest BCUT2D eigenvalue weighted by atomic mass is 35.5. The maximum atomic E-state index is 6.02. The molecule has 1 heterocycles. The van der Waals surface area contributed by atoms with E-state index in [9.17, 15) is 0 Å². The van der Waals surface area contributed by atoms with E-state index in [-0.39, 0.29) is 0 Å². The van der Waals surface area contributed by atoms with Crippen LogP contribution in [0, 0.1) is 0 Å². The molecule has 1 aliphatic carbocycles. The predicted octanol–water partition coefficient (Wildman–Crippen LogP) is 5.05. The minimum absolute atomic E-state index is 0.405. The number of halogens is 1. The lowest BCUT2D eigenvalue weighted by molar-refractivity contribution is 0.355. The van der Waals surface area contributed by atoms with Crippen LogP contribution in [0.2, 0.25) is 0 Å². The Hall–Kier alpha value is -1.28. The summed E-state index contributed by atoms with van der Waals surface area (Å²) in [6.07, 6.45) is 7.13. The second-order valence-electron chi connectivity index (χ2n) is 5.55. The van der Waals surface area contributed by atoms with Gasteiger partial charge in [-0.05, 0) is 18.4 Å². The Morgan fingerprint density at radius 2 is 1.85 bits per heavy atom. The van der Waals surface area contributed by atoms with E-state index in [1.165, 1.54) is 37.7 Å². The van der Waals surface area contributed by atoms with Crippen molar-refractivity contribution < 1.29 is 4.42 Å². The van der Waals surface area contributed by atoms with E-state index in [1.807, 2.05) is 6.07 Å². The largest absolute Gasteiger partial charge is 0.444 e. The molecule has 106 valence electrons. The van der Waals surface area contributed by atoms with Crippen LogP contribution in [0.1, 0.15) is 60.9 Å². The van der Waals surface area contributed by atoms with E-state index in [2.05, 4.69) is 24.3 Å². The molecule has 1 aromatic heterocycles. The van der Waals surface area contributed by atoms with Crippen molar-refractivity contribution in [2.75, 3.05) is 0 Å². The van der Waals surface area contributed by atoms with Crippen LogP contribution in [0.4, 0.5) is 0 Å². The standard InChI is InChI=1S/C17H20ClNO/c18-12-16-15(11-13-7-3-1-4-8-13)19-17(20-16)14-9-5-2-6-10-14/h1,3-4,7-8,14H,2,5-6,9-12H2. The maximum absolute atomic E-state index is 6.02. The summed E-state index contributed by atoms with van der Waals surface area (Å²) in [6.45, 7) is 0. The van der Waals surface area contributed by atoms with Crippen molar-refractivity contribution in [3.63, 3.8) is 0 Å². The Kier molecular flexibility index (Phi) is 4.41. The summed E-state index contributed by atoms with van der Waals surface area (Å²) in [7, 11) is 0. The summed E-state index contributed by atoms with van der Waals surface area (Å²) in [5.41, 5.74) is 2.26. The molecular formula is C17H20ClNO. The Labute approximate surface area is 125 Å². The molecule has 0 N–H and O–H groups in total. The zero-order valence-corrected chi connectivity index (χ0v) is 12.4. The molecule has 3 rings (SSSR count). The number of aromatic nitrogens is 1. The first-order valence-electron chi connectivity index (χ1n) is 7.45. The Bertz CT molecular complexity index is 543. The normalized spacial score (nSPS) is 16.4. The van der Waals surface area contributed by atoms with E-state index in [0.29, 0.717) is 11.8 Å². The van der Waals surface area contributed by atoms with Crippen molar-refractivity contribution in [3.05, 3.63) is 53.2 Å². The molecule has 1 aliphatic rings. The molecule has 3 heteroatoms. The zero-order valence-electron chi connectivity index (χ0n) is 11.6. The smallest absolute Gasteiger partial charge is 0.197 e. The zero-order chi connectivity index (χ0) is 13.8. The van der Waals surface area contributed by atoms with Gasteiger partial charge in [-0.15, -0.1) is 11.6 Å². The van der Waals surface area contributed by atoms with Crippen molar-refractivity contribution in [3.8, 4) is 0 Å². The molecule has 0 unspecified atom stereocenters. The third-order valence-corrected chi connectivity index (χ3v) is 4.33. The first-order chi connectivity index (χ1) is 9.86. The van der Waals surface area contributed by atoms with Crippen molar-refractivity contribution in [1.29, 1.82) is 0 Å². The third kappa shape index (κ3) is 3.06. The van der Waals surface area contributed by atoms with Gasteiger partial charge in [0.25, 0.3) is 0 Å². The fourth-order valence-electron chi connectivity index (χ4n) is 2.96. The fourth-order valence-corrected chi connectivity index (χ4v) is 3.17. The second-order valence-corrected chi connectivity index (χ2v) is 5.82.